The Balaban J connectivity index is 2.10. The van der Waals surface area contributed by atoms with Gasteiger partial charge in [-0.15, -0.1) is 0 Å². The van der Waals surface area contributed by atoms with Crippen LogP contribution in [0.4, 0.5) is 5.82 Å². The van der Waals surface area contributed by atoms with Gasteiger partial charge in [0.1, 0.15) is 17.3 Å². The molecule has 1 aliphatic heterocycles. The second kappa shape index (κ2) is 4.76. The average molecular weight is 324 g/mol. The summed E-state index contributed by atoms with van der Waals surface area (Å²) in [5, 5.41) is 4.40. The number of hydrogen-bond acceptors (Lipinski definition) is 4. The summed E-state index contributed by atoms with van der Waals surface area (Å²) in [4.78, 5) is 14.8. The zero-order chi connectivity index (χ0) is 13.6. The second-order valence-electron chi connectivity index (χ2n) is 4.98. The lowest BCUT2D eigenvalue weighted by Gasteiger charge is -2.40. The molecule has 0 amide bonds. The summed E-state index contributed by atoms with van der Waals surface area (Å²) in [5.74, 6) is 1.85. The number of halogens is 1. The predicted octanol–water partition coefficient (Wildman–Crippen LogP) is 2.00. The number of rotatable bonds is 3. The van der Waals surface area contributed by atoms with Crippen LogP contribution in [0.5, 0.6) is 0 Å². The maximum atomic E-state index is 4.64. The minimum absolute atomic E-state index is 0.564. The van der Waals surface area contributed by atoms with E-state index >= 15 is 0 Å². The SMILES string of the molecule is CCc1[nH]c2nc(C)nc(N3CC(NC)C3)c2c1Br. The summed E-state index contributed by atoms with van der Waals surface area (Å²) in [5.41, 5.74) is 2.11. The lowest BCUT2D eigenvalue weighted by molar-refractivity contribution is 0.448. The van der Waals surface area contributed by atoms with E-state index in [1.165, 1.54) is 5.69 Å². The number of aromatic nitrogens is 3. The van der Waals surface area contributed by atoms with Crippen LogP contribution in [-0.4, -0.2) is 41.1 Å². The summed E-state index contributed by atoms with van der Waals surface area (Å²) < 4.78 is 1.10. The molecule has 5 nitrogen and oxygen atoms in total. The Kier molecular flexibility index (Phi) is 3.22. The van der Waals surface area contributed by atoms with Gasteiger partial charge in [-0.3, -0.25) is 0 Å². The minimum Gasteiger partial charge on any atom is -0.353 e. The van der Waals surface area contributed by atoms with Crippen LogP contribution in [0, 0.1) is 6.92 Å². The average Bonchev–Trinajstić information content (AvgIpc) is 2.64. The van der Waals surface area contributed by atoms with Gasteiger partial charge in [0.05, 0.1) is 9.86 Å². The van der Waals surface area contributed by atoms with Crippen molar-refractivity contribution in [3.63, 3.8) is 0 Å². The van der Waals surface area contributed by atoms with Crippen molar-refractivity contribution in [2.75, 3.05) is 25.0 Å². The number of nitrogens with zero attached hydrogens (tertiary/aromatic N) is 3. The standard InChI is InChI=1S/C13H18BrN5/c1-4-9-11(14)10-12(18-9)16-7(2)17-13(10)19-5-8(6-19)15-3/h8,15H,4-6H2,1-3H3,(H,16,17,18). The van der Waals surface area contributed by atoms with Crippen molar-refractivity contribution in [1.29, 1.82) is 0 Å². The molecular formula is C13H18BrN5. The monoisotopic (exact) mass is 323 g/mol. The Hall–Kier alpha value is -1.14. The predicted molar refractivity (Wildman–Crippen MR) is 80.8 cm³/mol. The van der Waals surface area contributed by atoms with Crippen LogP contribution >= 0.6 is 15.9 Å². The lowest BCUT2D eigenvalue weighted by Crippen LogP contribution is -2.57. The summed E-state index contributed by atoms with van der Waals surface area (Å²) >= 11 is 3.69. The zero-order valence-corrected chi connectivity index (χ0v) is 13.0. The Morgan fingerprint density at radius 2 is 2.16 bits per heavy atom. The van der Waals surface area contributed by atoms with E-state index in [0.29, 0.717) is 6.04 Å². The molecule has 0 bridgehead atoms. The van der Waals surface area contributed by atoms with Gasteiger partial charge in [-0.25, -0.2) is 9.97 Å². The highest BCUT2D eigenvalue weighted by Crippen LogP contribution is 2.35. The third-order valence-electron chi connectivity index (χ3n) is 3.70. The third kappa shape index (κ3) is 2.03. The van der Waals surface area contributed by atoms with Crippen LogP contribution < -0.4 is 10.2 Å². The molecule has 2 N–H and O–H groups in total. The summed E-state index contributed by atoms with van der Waals surface area (Å²) in [7, 11) is 2.00. The van der Waals surface area contributed by atoms with E-state index in [0.717, 1.165) is 46.7 Å². The van der Waals surface area contributed by atoms with Crippen LogP contribution in [0.3, 0.4) is 0 Å². The first-order chi connectivity index (χ1) is 9.13. The molecule has 0 unspecified atom stereocenters. The molecule has 1 saturated heterocycles. The number of fused-ring (bicyclic) bond motifs is 1. The summed E-state index contributed by atoms with van der Waals surface area (Å²) in [6.07, 6.45) is 0.953. The first kappa shape index (κ1) is 12.9. The molecular weight excluding hydrogens is 306 g/mol. The molecule has 102 valence electrons. The van der Waals surface area contributed by atoms with Crippen molar-refractivity contribution in [2.45, 2.75) is 26.3 Å². The van der Waals surface area contributed by atoms with Crippen LogP contribution in [0.25, 0.3) is 11.0 Å². The van der Waals surface area contributed by atoms with E-state index in [9.17, 15) is 0 Å². The number of hydrogen-bond donors (Lipinski definition) is 2. The molecule has 0 aliphatic carbocycles. The van der Waals surface area contributed by atoms with Crippen molar-refractivity contribution >= 4 is 32.8 Å². The normalized spacial score (nSPS) is 16.1. The van der Waals surface area contributed by atoms with Crippen molar-refractivity contribution < 1.29 is 0 Å². The molecule has 0 atom stereocenters. The van der Waals surface area contributed by atoms with Gasteiger partial charge in [0.25, 0.3) is 0 Å². The Morgan fingerprint density at radius 3 is 2.79 bits per heavy atom. The van der Waals surface area contributed by atoms with Crippen LogP contribution in [0.15, 0.2) is 4.47 Å². The largest absolute Gasteiger partial charge is 0.353 e. The quantitative estimate of drug-likeness (QED) is 0.907. The van der Waals surface area contributed by atoms with Gasteiger partial charge in [-0.05, 0) is 36.3 Å². The molecule has 3 rings (SSSR count). The highest BCUT2D eigenvalue weighted by molar-refractivity contribution is 9.10. The number of nitrogens with one attached hydrogen (secondary N) is 2. The molecule has 0 saturated carbocycles. The minimum atomic E-state index is 0.564. The third-order valence-corrected chi connectivity index (χ3v) is 4.57. The molecule has 1 aliphatic rings. The number of aromatic amines is 1. The van der Waals surface area contributed by atoms with Crippen LogP contribution in [0.1, 0.15) is 18.4 Å². The van der Waals surface area contributed by atoms with Gasteiger partial charge in [-0.2, -0.15) is 0 Å². The first-order valence-corrected chi connectivity index (χ1v) is 7.40. The summed E-state index contributed by atoms with van der Waals surface area (Å²) in [6, 6.07) is 0.564. The van der Waals surface area contributed by atoms with Crippen molar-refractivity contribution in [3.8, 4) is 0 Å². The number of H-pyrrole nitrogens is 1. The van der Waals surface area contributed by atoms with Crippen molar-refractivity contribution in [1.82, 2.24) is 20.3 Å². The van der Waals surface area contributed by atoms with Gasteiger partial charge in [-0.1, -0.05) is 6.92 Å². The fourth-order valence-electron chi connectivity index (χ4n) is 2.51. The molecule has 3 heterocycles. The fourth-order valence-corrected chi connectivity index (χ4v) is 3.25. The molecule has 1 fully saturated rings. The van der Waals surface area contributed by atoms with Gasteiger partial charge in [0.2, 0.25) is 0 Å². The van der Waals surface area contributed by atoms with Gasteiger partial charge < -0.3 is 15.2 Å². The number of anilines is 1. The van der Waals surface area contributed by atoms with Crippen LogP contribution in [-0.2, 0) is 6.42 Å². The first-order valence-electron chi connectivity index (χ1n) is 6.61. The second-order valence-corrected chi connectivity index (χ2v) is 5.77. The lowest BCUT2D eigenvalue weighted by atomic mass is 10.1. The number of aryl methyl sites for hydroxylation is 2. The Bertz CT molecular complexity index is 615. The summed E-state index contributed by atoms with van der Waals surface area (Å²) in [6.45, 7) is 6.08. The molecule has 0 aromatic carbocycles. The molecule has 19 heavy (non-hydrogen) atoms. The topological polar surface area (TPSA) is 56.8 Å². The van der Waals surface area contributed by atoms with E-state index in [-0.39, 0.29) is 0 Å². The highest BCUT2D eigenvalue weighted by Gasteiger charge is 2.29. The van der Waals surface area contributed by atoms with Gasteiger partial charge in [0, 0.05) is 24.8 Å². The van der Waals surface area contributed by atoms with E-state index in [4.69, 9.17) is 0 Å². The van der Waals surface area contributed by atoms with Gasteiger partial charge >= 0.3 is 0 Å². The number of likely N-dealkylation sites (N-methyl/N-ethyl adjacent to an activating group) is 1. The maximum Gasteiger partial charge on any atom is 0.144 e. The van der Waals surface area contributed by atoms with Crippen LogP contribution in [0.2, 0.25) is 0 Å². The van der Waals surface area contributed by atoms with E-state index in [2.05, 4.69) is 48.0 Å². The maximum absolute atomic E-state index is 4.64. The molecule has 0 radical (unpaired) electrons. The molecule has 0 spiro atoms. The van der Waals surface area contributed by atoms with Crippen molar-refractivity contribution in [3.05, 3.63) is 16.0 Å². The fraction of sp³-hybridized carbons (Fsp3) is 0.538. The highest BCUT2D eigenvalue weighted by atomic mass is 79.9. The molecule has 2 aromatic rings. The van der Waals surface area contributed by atoms with E-state index in [1.807, 2.05) is 14.0 Å². The molecule has 6 heteroatoms. The zero-order valence-electron chi connectivity index (χ0n) is 11.4. The van der Waals surface area contributed by atoms with E-state index < -0.39 is 0 Å². The van der Waals surface area contributed by atoms with Gasteiger partial charge in [0.15, 0.2) is 0 Å². The van der Waals surface area contributed by atoms with E-state index in [1.54, 1.807) is 0 Å². The molecule has 2 aromatic heterocycles. The Labute approximate surface area is 120 Å². The smallest absolute Gasteiger partial charge is 0.144 e. The van der Waals surface area contributed by atoms with Crippen molar-refractivity contribution in [2.24, 2.45) is 0 Å². The Morgan fingerprint density at radius 1 is 1.42 bits per heavy atom.